The van der Waals surface area contributed by atoms with Gasteiger partial charge in [-0.25, -0.2) is 0 Å². The maximum atomic E-state index is 12.8. The van der Waals surface area contributed by atoms with Crippen molar-refractivity contribution in [1.82, 2.24) is 5.32 Å². The lowest BCUT2D eigenvalue weighted by Gasteiger charge is -2.31. The maximum absolute atomic E-state index is 12.8. The Morgan fingerprint density at radius 3 is 1.48 bits per heavy atom. The largest absolute Gasteiger partial charge is 0.756 e. The lowest BCUT2D eigenvalue weighted by Crippen LogP contribution is -2.51. The SMILES string of the molecule is CCCCCCCCCCCCCCC(=O)NC(COP(=O)([O-])OCC[N+](C)(C)C)C(O)C(O)CCCCCCCCCCCCCC. The van der Waals surface area contributed by atoms with Crippen LogP contribution in [0.2, 0.25) is 0 Å². The monoisotopic (exact) mass is 707 g/mol. The zero-order chi connectivity index (χ0) is 35.9. The van der Waals surface area contributed by atoms with Crippen LogP contribution < -0.4 is 10.2 Å². The highest BCUT2D eigenvalue weighted by Gasteiger charge is 2.29. The Morgan fingerprint density at radius 2 is 1.06 bits per heavy atom. The van der Waals surface area contributed by atoms with Crippen LogP contribution in [0.25, 0.3) is 0 Å². The molecule has 0 rings (SSSR count). The third-order valence-electron chi connectivity index (χ3n) is 9.19. The minimum absolute atomic E-state index is 0.0373. The Bertz CT molecular complexity index is 781. The molecule has 0 aliphatic heterocycles. The molecular formula is C38H79N2O7P. The fraction of sp³-hybridized carbons (Fsp3) is 0.974. The molecule has 0 bridgehead atoms. The van der Waals surface area contributed by atoms with E-state index in [1.165, 1.54) is 116 Å². The molecular weight excluding hydrogens is 627 g/mol. The number of hydrogen-bond donors (Lipinski definition) is 3. The van der Waals surface area contributed by atoms with Crippen molar-refractivity contribution in [2.24, 2.45) is 0 Å². The number of likely N-dealkylation sites (N-methyl/N-ethyl adjacent to an activating group) is 1. The molecule has 0 radical (unpaired) electrons. The van der Waals surface area contributed by atoms with E-state index in [0.717, 1.165) is 38.5 Å². The normalized spacial score (nSPS) is 15.2. The van der Waals surface area contributed by atoms with E-state index < -0.39 is 32.7 Å². The van der Waals surface area contributed by atoms with Gasteiger partial charge in [-0.15, -0.1) is 0 Å². The molecule has 0 saturated heterocycles. The molecule has 48 heavy (non-hydrogen) atoms. The third kappa shape index (κ3) is 31.4. The standard InChI is InChI=1S/C38H79N2O7P/c1-6-8-10-12-14-16-18-20-22-24-26-28-30-36(41)38(43)35(34-47-48(44,45)46-33-32-40(3,4)5)39-37(42)31-29-27-25-23-21-19-17-15-13-11-9-7-2/h35-36,38,41,43H,6-34H2,1-5H3,(H-,39,42,44,45). The first-order valence-corrected chi connectivity index (χ1v) is 21.4. The van der Waals surface area contributed by atoms with E-state index in [4.69, 9.17) is 9.05 Å². The van der Waals surface area contributed by atoms with Gasteiger partial charge in [-0.3, -0.25) is 9.36 Å². The Balaban J connectivity index is 4.58. The molecule has 0 heterocycles. The van der Waals surface area contributed by atoms with Crippen LogP contribution in [0, 0.1) is 0 Å². The summed E-state index contributed by atoms with van der Waals surface area (Å²) in [4.78, 5) is 25.2. The minimum Gasteiger partial charge on any atom is -0.756 e. The number of nitrogens with zero attached hydrogens (tertiary/aromatic N) is 1. The molecule has 4 atom stereocenters. The van der Waals surface area contributed by atoms with Gasteiger partial charge in [0.15, 0.2) is 0 Å². The zero-order valence-corrected chi connectivity index (χ0v) is 33.0. The van der Waals surface area contributed by atoms with E-state index in [2.05, 4.69) is 19.2 Å². The predicted molar refractivity (Wildman–Crippen MR) is 198 cm³/mol. The summed E-state index contributed by atoms with van der Waals surface area (Å²) in [5.41, 5.74) is 0. The van der Waals surface area contributed by atoms with Gasteiger partial charge < -0.3 is 34.0 Å². The summed E-state index contributed by atoms with van der Waals surface area (Å²) in [6.45, 7) is 4.42. The van der Waals surface area contributed by atoms with E-state index in [0.29, 0.717) is 17.4 Å². The summed E-state index contributed by atoms with van der Waals surface area (Å²) in [5.74, 6) is -0.279. The van der Waals surface area contributed by atoms with Crippen molar-refractivity contribution in [2.75, 3.05) is 40.9 Å². The van der Waals surface area contributed by atoms with Crippen molar-refractivity contribution in [2.45, 2.75) is 199 Å². The number of quaternary nitrogens is 1. The quantitative estimate of drug-likeness (QED) is 0.0338. The van der Waals surface area contributed by atoms with Crippen molar-refractivity contribution in [3.8, 4) is 0 Å². The van der Waals surface area contributed by atoms with Gasteiger partial charge in [0.1, 0.15) is 19.3 Å². The predicted octanol–water partition coefficient (Wildman–Crippen LogP) is 8.58. The molecule has 0 fully saturated rings. The van der Waals surface area contributed by atoms with Crippen LogP contribution >= 0.6 is 7.82 Å². The maximum Gasteiger partial charge on any atom is 0.268 e. The average molecular weight is 707 g/mol. The second-order valence-electron chi connectivity index (χ2n) is 15.1. The Morgan fingerprint density at radius 1 is 0.667 bits per heavy atom. The molecule has 1 amide bonds. The minimum atomic E-state index is -4.65. The number of carbonyl (C=O) groups excluding carboxylic acids is 1. The second kappa shape index (κ2) is 31.2. The second-order valence-corrected chi connectivity index (χ2v) is 16.5. The van der Waals surface area contributed by atoms with Gasteiger partial charge in [0.2, 0.25) is 5.91 Å². The lowest BCUT2D eigenvalue weighted by molar-refractivity contribution is -0.870. The van der Waals surface area contributed by atoms with Gasteiger partial charge in [-0.05, 0) is 12.8 Å². The molecule has 0 saturated carbocycles. The van der Waals surface area contributed by atoms with Gasteiger partial charge in [-0.2, -0.15) is 0 Å². The summed E-state index contributed by atoms with van der Waals surface area (Å²) in [5, 5.41) is 24.5. The van der Waals surface area contributed by atoms with E-state index >= 15 is 0 Å². The molecule has 4 unspecified atom stereocenters. The third-order valence-corrected chi connectivity index (χ3v) is 10.2. The highest BCUT2D eigenvalue weighted by molar-refractivity contribution is 7.45. The molecule has 0 spiro atoms. The molecule has 3 N–H and O–H groups in total. The Labute approximate surface area is 296 Å². The summed E-state index contributed by atoms with van der Waals surface area (Å²) < 4.78 is 23.0. The fourth-order valence-corrected chi connectivity index (χ4v) is 6.62. The Hall–Kier alpha value is -0.540. The van der Waals surface area contributed by atoms with Crippen LogP contribution in [-0.2, 0) is 18.4 Å². The van der Waals surface area contributed by atoms with Crippen LogP contribution in [0.4, 0.5) is 0 Å². The van der Waals surface area contributed by atoms with Crippen LogP contribution in [0.15, 0.2) is 0 Å². The molecule has 10 heteroatoms. The van der Waals surface area contributed by atoms with E-state index in [1.807, 2.05) is 21.1 Å². The first kappa shape index (κ1) is 47.5. The van der Waals surface area contributed by atoms with Crippen molar-refractivity contribution in [3.05, 3.63) is 0 Å². The number of phosphoric ester groups is 1. The van der Waals surface area contributed by atoms with Gasteiger partial charge in [0.25, 0.3) is 7.82 Å². The number of rotatable bonds is 36. The molecule has 0 aromatic carbocycles. The number of aliphatic hydroxyl groups excluding tert-OH is 2. The van der Waals surface area contributed by atoms with Crippen LogP contribution in [0.3, 0.4) is 0 Å². The van der Waals surface area contributed by atoms with Crippen molar-refractivity contribution in [3.63, 3.8) is 0 Å². The number of nitrogens with one attached hydrogen (secondary N) is 1. The van der Waals surface area contributed by atoms with Gasteiger partial charge in [-0.1, -0.05) is 162 Å². The molecule has 0 aromatic rings. The van der Waals surface area contributed by atoms with E-state index in [9.17, 15) is 24.5 Å². The van der Waals surface area contributed by atoms with Crippen LogP contribution in [0.5, 0.6) is 0 Å². The number of carbonyl (C=O) groups is 1. The van der Waals surface area contributed by atoms with Gasteiger partial charge in [0, 0.05) is 6.42 Å². The number of phosphoric acid groups is 1. The van der Waals surface area contributed by atoms with Crippen molar-refractivity contribution >= 4 is 13.7 Å². The number of aliphatic hydroxyl groups is 2. The summed E-state index contributed by atoms with van der Waals surface area (Å²) in [7, 11) is 1.13. The summed E-state index contributed by atoms with van der Waals surface area (Å²) >= 11 is 0. The molecule has 0 aliphatic carbocycles. The highest BCUT2D eigenvalue weighted by Crippen LogP contribution is 2.38. The summed E-state index contributed by atoms with van der Waals surface area (Å²) in [6.07, 6.45) is 27.0. The topological polar surface area (TPSA) is 128 Å². The highest BCUT2D eigenvalue weighted by atomic mass is 31.2. The van der Waals surface area contributed by atoms with Gasteiger partial charge >= 0.3 is 0 Å². The summed E-state index contributed by atoms with van der Waals surface area (Å²) in [6, 6.07) is -1.06. The van der Waals surface area contributed by atoms with Crippen molar-refractivity contribution < 1.29 is 38.0 Å². The average Bonchev–Trinajstić information content (AvgIpc) is 3.02. The van der Waals surface area contributed by atoms with E-state index in [1.54, 1.807) is 0 Å². The molecule has 288 valence electrons. The Kier molecular flexibility index (Phi) is 30.9. The smallest absolute Gasteiger partial charge is 0.268 e. The number of amides is 1. The molecule has 0 aliphatic rings. The number of unbranched alkanes of at least 4 members (excludes halogenated alkanes) is 22. The van der Waals surface area contributed by atoms with Crippen molar-refractivity contribution in [1.29, 1.82) is 0 Å². The fourth-order valence-electron chi connectivity index (χ4n) is 5.90. The van der Waals surface area contributed by atoms with Crippen LogP contribution in [-0.4, -0.2) is 79.8 Å². The lowest BCUT2D eigenvalue weighted by atomic mass is 9.99. The first-order chi connectivity index (χ1) is 22.9. The first-order valence-electron chi connectivity index (χ1n) is 20.0. The molecule has 9 nitrogen and oxygen atoms in total. The van der Waals surface area contributed by atoms with Gasteiger partial charge in [0.05, 0.1) is 39.9 Å². The number of hydrogen-bond acceptors (Lipinski definition) is 7. The van der Waals surface area contributed by atoms with Crippen LogP contribution in [0.1, 0.15) is 181 Å². The van der Waals surface area contributed by atoms with E-state index in [-0.39, 0.29) is 18.9 Å². The zero-order valence-electron chi connectivity index (χ0n) is 32.1. The molecule has 0 aromatic heterocycles.